The van der Waals surface area contributed by atoms with E-state index in [-0.39, 0.29) is 5.57 Å². The molecule has 0 saturated heterocycles. The van der Waals surface area contributed by atoms with Crippen molar-refractivity contribution < 1.29 is 9.53 Å². The molecule has 0 atom stereocenters. The Morgan fingerprint density at radius 1 is 1.12 bits per heavy atom. The van der Waals surface area contributed by atoms with Crippen LogP contribution in [0.3, 0.4) is 0 Å². The average Bonchev–Trinajstić information content (AvgIpc) is 2.68. The fourth-order valence-corrected chi connectivity index (χ4v) is 2.56. The molecule has 1 amide bonds. The van der Waals surface area contributed by atoms with Crippen molar-refractivity contribution in [2.75, 3.05) is 30.4 Å². The zero-order chi connectivity index (χ0) is 18.9. The number of nitrogens with zero attached hydrogens (tertiary/aromatic N) is 2. The number of anilines is 2. The van der Waals surface area contributed by atoms with Crippen molar-refractivity contribution in [3.63, 3.8) is 0 Å². The highest BCUT2D eigenvalue weighted by Gasteiger charge is 2.10. The second-order valence-corrected chi connectivity index (χ2v) is 5.62. The van der Waals surface area contributed by atoms with Crippen molar-refractivity contribution in [3.8, 4) is 11.8 Å². The molecule has 0 fully saturated rings. The molecule has 2 aromatic rings. The number of methoxy groups -OCH3 is 1. The molecule has 0 radical (unpaired) electrons. The first-order valence-electron chi connectivity index (χ1n) is 8.53. The molecule has 0 saturated carbocycles. The van der Waals surface area contributed by atoms with Gasteiger partial charge in [0.2, 0.25) is 0 Å². The van der Waals surface area contributed by atoms with Crippen LogP contribution in [-0.2, 0) is 4.79 Å². The van der Waals surface area contributed by atoms with Crippen LogP contribution in [0.15, 0.2) is 54.1 Å². The molecule has 5 heteroatoms. The maximum Gasteiger partial charge on any atom is 0.266 e. The van der Waals surface area contributed by atoms with Crippen LogP contribution in [-0.4, -0.2) is 26.1 Å². The number of carbonyl (C=O) groups is 1. The van der Waals surface area contributed by atoms with Gasteiger partial charge in [0, 0.05) is 24.5 Å². The molecule has 0 spiro atoms. The number of benzene rings is 2. The minimum Gasteiger partial charge on any atom is -0.497 e. The first-order valence-corrected chi connectivity index (χ1v) is 8.53. The summed E-state index contributed by atoms with van der Waals surface area (Å²) in [6, 6.07) is 16.7. The van der Waals surface area contributed by atoms with Gasteiger partial charge in [-0.2, -0.15) is 5.26 Å². The van der Waals surface area contributed by atoms with Crippen LogP contribution in [0.4, 0.5) is 11.4 Å². The van der Waals surface area contributed by atoms with E-state index in [0.29, 0.717) is 5.69 Å². The van der Waals surface area contributed by atoms with Gasteiger partial charge in [-0.3, -0.25) is 4.79 Å². The molecule has 26 heavy (non-hydrogen) atoms. The van der Waals surface area contributed by atoms with Crippen LogP contribution >= 0.6 is 0 Å². The molecule has 1 N–H and O–H groups in total. The average molecular weight is 349 g/mol. The maximum atomic E-state index is 12.4. The van der Waals surface area contributed by atoms with Crippen LogP contribution in [0.5, 0.6) is 5.75 Å². The van der Waals surface area contributed by atoms with Crippen molar-refractivity contribution in [1.29, 1.82) is 5.26 Å². The number of rotatable bonds is 7. The molecule has 2 aromatic carbocycles. The maximum absolute atomic E-state index is 12.4. The van der Waals surface area contributed by atoms with E-state index >= 15 is 0 Å². The summed E-state index contributed by atoms with van der Waals surface area (Å²) in [4.78, 5) is 14.6. The van der Waals surface area contributed by atoms with Crippen molar-refractivity contribution in [2.24, 2.45) is 0 Å². The zero-order valence-electron chi connectivity index (χ0n) is 15.3. The summed E-state index contributed by atoms with van der Waals surface area (Å²) in [5.41, 5.74) is 2.56. The first-order chi connectivity index (χ1) is 12.6. The molecule has 0 aromatic heterocycles. The number of hydrogen-bond acceptors (Lipinski definition) is 4. The van der Waals surface area contributed by atoms with Gasteiger partial charge in [0.05, 0.1) is 7.11 Å². The summed E-state index contributed by atoms with van der Waals surface area (Å²) in [7, 11) is 1.59. The van der Waals surface area contributed by atoms with Crippen LogP contribution in [0.25, 0.3) is 6.08 Å². The third kappa shape index (κ3) is 4.87. The van der Waals surface area contributed by atoms with Gasteiger partial charge in [0.15, 0.2) is 0 Å². The van der Waals surface area contributed by atoms with Gasteiger partial charge in [-0.25, -0.2) is 0 Å². The van der Waals surface area contributed by atoms with Crippen LogP contribution in [0.2, 0.25) is 0 Å². The summed E-state index contributed by atoms with van der Waals surface area (Å²) < 4.78 is 5.10. The Hall–Kier alpha value is -3.26. The van der Waals surface area contributed by atoms with E-state index in [1.807, 2.05) is 30.3 Å². The predicted octanol–water partition coefficient (Wildman–Crippen LogP) is 4.09. The Kier molecular flexibility index (Phi) is 6.81. The molecule has 0 aliphatic rings. The van der Waals surface area contributed by atoms with Crippen molar-refractivity contribution in [1.82, 2.24) is 0 Å². The largest absolute Gasteiger partial charge is 0.497 e. The Bertz CT molecular complexity index is 799. The molecule has 0 unspecified atom stereocenters. The lowest BCUT2D eigenvalue weighted by molar-refractivity contribution is -0.112. The fraction of sp³-hybridized carbons (Fsp3) is 0.238. The van der Waals surface area contributed by atoms with E-state index in [0.717, 1.165) is 30.1 Å². The number of hydrogen-bond donors (Lipinski definition) is 1. The van der Waals surface area contributed by atoms with E-state index in [9.17, 15) is 10.1 Å². The van der Waals surface area contributed by atoms with Crippen molar-refractivity contribution >= 4 is 23.4 Å². The summed E-state index contributed by atoms with van der Waals surface area (Å²) >= 11 is 0. The van der Waals surface area contributed by atoms with E-state index in [1.54, 1.807) is 37.5 Å². The normalized spacial score (nSPS) is 10.8. The highest BCUT2D eigenvalue weighted by Crippen LogP contribution is 2.19. The first kappa shape index (κ1) is 19.1. The third-order valence-electron chi connectivity index (χ3n) is 4.05. The molecular weight excluding hydrogens is 326 g/mol. The highest BCUT2D eigenvalue weighted by atomic mass is 16.5. The van der Waals surface area contributed by atoms with E-state index in [1.165, 1.54) is 0 Å². The lowest BCUT2D eigenvalue weighted by Gasteiger charge is -2.21. The number of nitrogens with one attached hydrogen (secondary N) is 1. The molecular formula is C21H23N3O2. The van der Waals surface area contributed by atoms with Gasteiger partial charge in [-0.1, -0.05) is 12.1 Å². The predicted molar refractivity (Wildman–Crippen MR) is 105 cm³/mol. The monoisotopic (exact) mass is 349 g/mol. The minimum absolute atomic E-state index is 0.0444. The molecule has 5 nitrogen and oxygen atoms in total. The second kappa shape index (κ2) is 9.28. The Morgan fingerprint density at radius 3 is 2.23 bits per heavy atom. The van der Waals surface area contributed by atoms with E-state index in [4.69, 9.17) is 4.74 Å². The smallest absolute Gasteiger partial charge is 0.266 e. The molecule has 0 heterocycles. The summed E-state index contributed by atoms with van der Waals surface area (Å²) in [5.74, 6) is 0.289. The molecule has 0 aliphatic carbocycles. The second-order valence-electron chi connectivity index (χ2n) is 5.62. The van der Waals surface area contributed by atoms with E-state index < -0.39 is 5.91 Å². The number of amides is 1. The summed E-state index contributed by atoms with van der Waals surface area (Å²) in [6.45, 7) is 6.04. The Labute approximate surface area is 154 Å². The molecule has 134 valence electrons. The summed E-state index contributed by atoms with van der Waals surface area (Å²) in [6.07, 6.45) is 1.55. The molecule has 2 rings (SSSR count). The van der Waals surface area contributed by atoms with Crippen LogP contribution in [0, 0.1) is 11.3 Å². The lowest BCUT2D eigenvalue weighted by atomic mass is 10.1. The zero-order valence-corrected chi connectivity index (χ0v) is 15.3. The standard InChI is InChI=1S/C21H23N3O2/c1-4-24(5-2)19-10-8-18(9-11-19)23-21(25)17(15-22)14-16-6-12-20(26-3)13-7-16/h6-14H,4-5H2,1-3H3,(H,23,25)/b17-14+. The van der Waals surface area contributed by atoms with Gasteiger partial charge in [-0.15, -0.1) is 0 Å². The lowest BCUT2D eigenvalue weighted by Crippen LogP contribution is -2.21. The van der Waals surface area contributed by atoms with Crippen LogP contribution < -0.4 is 15.0 Å². The third-order valence-corrected chi connectivity index (χ3v) is 4.05. The number of nitriles is 1. The van der Waals surface area contributed by atoms with Crippen LogP contribution in [0.1, 0.15) is 19.4 Å². The van der Waals surface area contributed by atoms with Gasteiger partial charge in [0.1, 0.15) is 17.4 Å². The highest BCUT2D eigenvalue weighted by molar-refractivity contribution is 6.09. The van der Waals surface area contributed by atoms with Crippen molar-refractivity contribution in [2.45, 2.75) is 13.8 Å². The molecule has 0 bridgehead atoms. The topological polar surface area (TPSA) is 65.4 Å². The minimum atomic E-state index is -0.432. The quantitative estimate of drug-likeness (QED) is 0.604. The van der Waals surface area contributed by atoms with Crippen molar-refractivity contribution in [3.05, 3.63) is 59.7 Å². The van der Waals surface area contributed by atoms with Gasteiger partial charge < -0.3 is 15.0 Å². The van der Waals surface area contributed by atoms with Gasteiger partial charge in [0.25, 0.3) is 5.91 Å². The Balaban J connectivity index is 2.11. The van der Waals surface area contributed by atoms with Gasteiger partial charge >= 0.3 is 0 Å². The fourth-order valence-electron chi connectivity index (χ4n) is 2.56. The molecule has 0 aliphatic heterocycles. The van der Waals surface area contributed by atoms with E-state index in [2.05, 4.69) is 24.1 Å². The SMILES string of the molecule is CCN(CC)c1ccc(NC(=O)/C(C#N)=C/c2ccc(OC)cc2)cc1. The number of ether oxygens (including phenoxy) is 1. The van der Waals surface area contributed by atoms with Gasteiger partial charge in [-0.05, 0) is 61.9 Å². The Morgan fingerprint density at radius 2 is 1.73 bits per heavy atom. The summed E-state index contributed by atoms with van der Waals surface area (Å²) in [5, 5.41) is 12.1. The number of carbonyl (C=O) groups excluding carboxylic acids is 1.